The van der Waals surface area contributed by atoms with Gasteiger partial charge in [-0.3, -0.25) is 4.79 Å². The van der Waals surface area contributed by atoms with E-state index >= 15 is 0 Å². The van der Waals surface area contributed by atoms with Gasteiger partial charge in [0.15, 0.2) is 0 Å². The molecule has 0 atom stereocenters. The van der Waals surface area contributed by atoms with Gasteiger partial charge in [-0.25, -0.2) is 0 Å². The second-order valence-corrected chi connectivity index (χ2v) is 3.57. The van der Waals surface area contributed by atoms with Crippen molar-refractivity contribution in [1.29, 1.82) is 0 Å². The van der Waals surface area contributed by atoms with Crippen LogP contribution in [0.3, 0.4) is 0 Å². The average Bonchev–Trinajstić information content (AvgIpc) is 2.35. The molecule has 0 aliphatic rings. The highest BCUT2D eigenvalue weighted by Gasteiger charge is 2.13. The van der Waals surface area contributed by atoms with E-state index in [1.54, 1.807) is 24.3 Å². The van der Waals surface area contributed by atoms with E-state index in [2.05, 4.69) is 5.16 Å². The van der Waals surface area contributed by atoms with E-state index in [-0.39, 0.29) is 16.9 Å². The fourth-order valence-electron chi connectivity index (χ4n) is 1.90. The Balaban J connectivity index is 2.99. The molecule has 0 aliphatic heterocycles. The number of aryl methyl sites for hydroxylation is 1. The molecule has 0 radical (unpaired) electrons. The highest BCUT2D eigenvalue weighted by Crippen LogP contribution is 2.24. The Morgan fingerprint density at radius 1 is 1.41 bits per heavy atom. The van der Waals surface area contributed by atoms with E-state index < -0.39 is 0 Å². The van der Waals surface area contributed by atoms with Gasteiger partial charge >= 0.3 is 0 Å². The maximum absolute atomic E-state index is 12.0. The van der Waals surface area contributed by atoms with Crippen molar-refractivity contribution < 1.29 is 10.3 Å². The fourth-order valence-corrected chi connectivity index (χ4v) is 1.90. The summed E-state index contributed by atoms with van der Waals surface area (Å²) in [5.41, 5.74) is 0.280. The molecule has 0 spiro atoms. The smallest absolute Gasteiger partial charge is 0.263 e. The molecule has 2 aromatic rings. The summed E-state index contributed by atoms with van der Waals surface area (Å²) in [5.74, 6) is -0.159. The molecule has 17 heavy (non-hydrogen) atoms. The third-order valence-electron chi connectivity index (χ3n) is 2.68. The summed E-state index contributed by atoms with van der Waals surface area (Å²) in [7, 11) is 0. The predicted octanol–water partition coefficient (Wildman–Crippen LogP) is 1.54. The van der Waals surface area contributed by atoms with Crippen LogP contribution >= 0.6 is 0 Å². The first-order valence-electron chi connectivity index (χ1n) is 5.22. The van der Waals surface area contributed by atoms with Gasteiger partial charge in [0, 0.05) is 11.9 Å². The number of rotatable bonds is 2. The van der Waals surface area contributed by atoms with Crippen molar-refractivity contribution in [1.82, 2.24) is 4.57 Å². The normalized spacial score (nSPS) is 11.4. The predicted molar refractivity (Wildman–Crippen MR) is 64.9 cm³/mol. The maximum atomic E-state index is 12.0. The molecule has 0 saturated heterocycles. The zero-order chi connectivity index (χ0) is 12.4. The van der Waals surface area contributed by atoms with Gasteiger partial charge < -0.3 is 14.9 Å². The molecule has 1 heterocycles. The van der Waals surface area contributed by atoms with Gasteiger partial charge in [0.2, 0.25) is 0 Å². The number of aromatic hydroxyl groups is 1. The summed E-state index contributed by atoms with van der Waals surface area (Å²) in [6, 6.07) is 7.05. The average molecular weight is 232 g/mol. The van der Waals surface area contributed by atoms with E-state index in [1.165, 1.54) is 4.57 Å². The second kappa shape index (κ2) is 4.29. The van der Waals surface area contributed by atoms with Gasteiger partial charge in [-0.1, -0.05) is 17.3 Å². The van der Waals surface area contributed by atoms with Crippen LogP contribution in [-0.4, -0.2) is 21.1 Å². The lowest BCUT2D eigenvalue weighted by Gasteiger charge is -2.11. The zero-order valence-corrected chi connectivity index (χ0v) is 9.29. The minimum atomic E-state index is -0.374. The number of pyridine rings is 1. The van der Waals surface area contributed by atoms with Crippen molar-refractivity contribution in [2.24, 2.45) is 5.16 Å². The van der Waals surface area contributed by atoms with Crippen molar-refractivity contribution in [3.63, 3.8) is 0 Å². The van der Waals surface area contributed by atoms with Crippen LogP contribution in [0.25, 0.3) is 10.9 Å². The Morgan fingerprint density at radius 2 is 2.12 bits per heavy atom. The third-order valence-corrected chi connectivity index (χ3v) is 2.68. The molecule has 0 unspecified atom stereocenters. The SMILES string of the molecule is CCn1c(=O)c(/C=N/O)c(O)c2ccccc21. The van der Waals surface area contributed by atoms with Gasteiger partial charge in [-0.15, -0.1) is 0 Å². The largest absolute Gasteiger partial charge is 0.506 e. The summed E-state index contributed by atoms with van der Waals surface area (Å²) in [6.45, 7) is 2.32. The van der Waals surface area contributed by atoms with Gasteiger partial charge in [-0.05, 0) is 19.1 Å². The summed E-state index contributed by atoms with van der Waals surface area (Å²) in [4.78, 5) is 12.0. The van der Waals surface area contributed by atoms with Crippen LogP contribution in [0.1, 0.15) is 12.5 Å². The Labute approximate surface area is 97.2 Å². The number of para-hydroxylation sites is 1. The Hall–Kier alpha value is -2.30. The van der Waals surface area contributed by atoms with Crippen LogP contribution < -0.4 is 5.56 Å². The molecule has 2 rings (SSSR count). The molecular weight excluding hydrogens is 220 g/mol. The molecule has 0 amide bonds. The van der Waals surface area contributed by atoms with E-state index in [0.717, 1.165) is 6.21 Å². The van der Waals surface area contributed by atoms with Crippen LogP contribution in [0.4, 0.5) is 0 Å². The van der Waals surface area contributed by atoms with E-state index in [9.17, 15) is 9.90 Å². The number of nitrogens with zero attached hydrogens (tertiary/aromatic N) is 2. The molecule has 0 fully saturated rings. The van der Waals surface area contributed by atoms with Gasteiger partial charge in [0.25, 0.3) is 5.56 Å². The lowest BCUT2D eigenvalue weighted by molar-refractivity contribution is 0.321. The van der Waals surface area contributed by atoms with Crippen molar-refractivity contribution in [3.8, 4) is 5.75 Å². The molecule has 0 saturated carbocycles. The lowest BCUT2D eigenvalue weighted by atomic mass is 10.1. The second-order valence-electron chi connectivity index (χ2n) is 3.57. The van der Waals surface area contributed by atoms with Crippen molar-refractivity contribution >= 4 is 17.1 Å². The first-order valence-corrected chi connectivity index (χ1v) is 5.22. The first kappa shape index (κ1) is 11.2. The number of oxime groups is 1. The van der Waals surface area contributed by atoms with E-state index in [0.29, 0.717) is 17.4 Å². The molecule has 5 heteroatoms. The lowest BCUT2D eigenvalue weighted by Crippen LogP contribution is -2.23. The first-order chi connectivity index (χ1) is 8.20. The van der Waals surface area contributed by atoms with Crippen LogP contribution in [0.5, 0.6) is 5.75 Å². The fraction of sp³-hybridized carbons (Fsp3) is 0.167. The molecular formula is C12H12N2O3. The van der Waals surface area contributed by atoms with E-state index in [4.69, 9.17) is 5.21 Å². The monoisotopic (exact) mass is 232 g/mol. The maximum Gasteiger partial charge on any atom is 0.263 e. The molecule has 0 bridgehead atoms. The van der Waals surface area contributed by atoms with Crippen molar-refractivity contribution in [3.05, 3.63) is 40.2 Å². The van der Waals surface area contributed by atoms with Crippen LogP contribution in [0.15, 0.2) is 34.2 Å². The van der Waals surface area contributed by atoms with Gasteiger partial charge in [0.1, 0.15) is 11.3 Å². The molecule has 1 aromatic heterocycles. The standard InChI is InChI=1S/C12H12N2O3/c1-2-14-10-6-4-3-5-8(10)11(15)9(7-13-17)12(14)16/h3-7,15,17H,2H2,1H3/b13-7+. The van der Waals surface area contributed by atoms with Gasteiger partial charge in [0.05, 0.1) is 11.7 Å². The van der Waals surface area contributed by atoms with Crippen LogP contribution in [0, 0.1) is 0 Å². The minimum absolute atomic E-state index is 0.00644. The summed E-state index contributed by atoms with van der Waals surface area (Å²) in [5, 5.41) is 21.9. The van der Waals surface area contributed by atoms with E-state index in [1.807, 2.05) is 6.92 Å². The Bertz CT molecular complexity index is 644. The van der Waals surface area contributed by atoms with Crippen molar-refractivity contribution in [2.45, 2.75) is 13.5 Å². The number of hydrogen-bond donors (Lipinski definition) is 2. The quantitative estimate of drug-likeness (QED) is 0.468. The summed E-state index contributed by atoms with van der Waals surface area (Å²) in [6.07, 6.45) is 0.955. The molecule has 0 aliphatic carbocycles. The van der Waals surface area contributed by atoms with Crippen LogP contribution in [-0.2, 0) is 6.54 Å². The van der Waals surface area contributed by atoms with Crippen molar-refractivity contribution in [2.75, 3.05) is 0 Å². The number of aromatic nitrogens is 1. The highest BCUT2D eigenvalue weighted by atomic mass is 16.4. The molecule has 88 valence electrons. The summed E-state index contributed by atoms with van der Waals surface area (Å²) < 4.78 is 1.52. The summed E-state index contributed by atoms with van der Waals surface area (Å²) >= 11 is 0. The highest BCUT2D eigenvalue weighted by molar-refractivity contribution is 5.94. The third kappa shape index (κ3) is 1.65. The minimum Gasteiger partial charge on any atom is -0.506 e. The van der Waals surface area contributed by atoms with Gasteiger partial charge in [-0.2, -0.15) is 0 Å². The van der Waals surface area contributed by atoms with Crippen LogP contribution in [0.2, 0.25) is 0 Å². The number of hydrogen-bond acceptors (Lipinski definition) is 4. The molecule has 1 aromatic carbocycles. The topological polar surface area (TPSA) is 74.8 Å². The number of benzene rings is 1. The Kier molecular flexibility index (Phi) is 2.82. The zero-order valence-electron chi connectivity index (χ0n) is 9.29. The molecule has 5 nitrogen and oxygen atoms in total. The molecule has 2 N–H and O–H groups in total. The number of fused-ring (bicyclic) bond motifs is 1. The Morgan fingerprint density at radius 3 is 2.76 bits per heavy atom.